The normalized spacial score (nSPS) is 22.5. The number of hydrogen-bond donors (Lipinski definition) is 0. The van der Waals surface area contributed by atoms with Gasteiger partial charge in [0, 0.05) is 26.6 Å². The van der Waals surface area contributed by atoms with Crippen LogP contribution in [0.4, 0.5) is 0 Å². The van der Waals surface area contributed by atoms with E-state index < -0.39 is 5.79 Å². The van der Waals surface area contributed by atoms with Gasteiger partial charge in [0.2, 0.25) is 5.79 Å². The highest BCUT2D eigenvalue weighted by Gasteiger charge is 2.39. The minimum absolute atomic E-state index is 0.0475. The van der Waals surface area contributed by atoms with Crippen molar-refractivity contribution in [1.82, 2.24) is 4.98 Å². The minimum atomic E-state index is -0.740. The molecule has 0 aromatic carbocycles. The molecule has 1 aliphatic carbocycles. The second-order valence-electron chi connectivity index (χ2n) is 3.33. The lowest BCUT2D eigenvalue weighted by Gasteiger charge is -2.35. The molecule has 0 spiro atoms. The maximum atomic E-state index is 5.41. The van der Waals surface area contributed by atoms with Crippen LogP contribution in [0, 0.1) is 0 Å². The first-order valence-electron chi connectivity index (χ1n) is 4.61. The van der Waals surface area contributed by atoms with Crippen LogP contribution in [0.3, 0.4) is 0 Å². The van der Waals surface area contributed by atoms with Crippen LogP contribution in [0.25, 0.3) is 6.08 Å². The summed E-state index contributed by atoms with van der Waals surface area (Å²) in [5.41, 5.74) is 2.21. The molecule has 0 amide bonds. The lowest BCUT2D eigenvalue weighted by Crippen LogP contribution is -2.37. The quantitative estimate of drug-likeness (QED) is 0.611. The van der Waals surface area contributed by atoms with Crippen LogP contribution >= 0.6 is 15.9 Å². The Kier molecular flexibility index (Phi) is 2.91. The molecule has 0 aliphatic heterocycles. The highest BCUT2D eigenvalue weighted by molar-refractivity contribution is 9.09. The van der Waals surface area contributed by atoms with Gasteiger partial charge in [-0.05, 0) is 23.3 Å². The van der Waals surface area contributed by atoms with E-state index in [4.69, 9.17) is 9.47 Å². The van der Waals surface area contributed by atoms with Crippen molar-refractivity contribution >= 4 is 22.0 Å². The Balaban J connectivity index is 2.49. The molecule has 1 atom stereocenters. The third-order valence-corrected chi connectivity index (χ3v) is 3.78. The number of aromatic nitrogens is 1. The second-order valence-corrected chi connectivity index (χ2v) is 4.25. The molecule has 1 aromatic heterocycles. The Hall–Kier alpha value is -0.710. The molecule has 1 aromatic rings. The molecule has 80 valence electrons. The van der Waals surface area contributed by atoms with Crippen LogP contribution in [0.1, 0.15) is 16.0 Å². The summed E-state index contributed by atoms with van der Waals surface area (Å²) in [6.45, 7) is 0. The van der Waals surface area contributed by atoms with Gasteiger partial charge < -0.3 is 9.47 Å². The highest BCUT2D eigenvalue weighted by atomic mass is 79.9. The van der Waals surface area contributed by atoms with E-state index in [0.29, 0.717) is 0 Å². The van der Waals surface area contributed by atoms with E-state index in [1.807, 2.05) is 24.4 Å². The Labute approximate surface area is 97.2 Å². The average molecular weight is 270 g/mol. The molecule has 1 aliphatic rings. The molecule has 3 nitrogen and oxygen atoms in total. The maximum Gasteiger partial charge on any atom is 0.204 e. The standard InChI is InChI=1S/C11H12BrNO2/c1-14-11(15-2)5-3-8-4-6-13-7-9(8)10(11)12/h3-7,10H,1-2H3. The summed E-state index contributed by atoms with van der Waals surface area (Å²) in [5, 5.41) is 0. The van der Waals surface area contributed by atoms with Gasteiger partial charge in [-0.25, -0.2) is 0 Å². The van der Waals surface area contributed by atoms with E-state index in [-0.39, 0.29) is 4.83 Å². The summed E-state index contributed by atoms with van der Waals surface area (Å²) in [6, 6.07) is 1.97. The Morgan fingerprint density at radius 2 is 2.13 bits per heavy atom. The summed E-state index contributed by atoms with van der Waals surface area (Å²) in [7, 11) is 3.26. The Morgan fingerprint density at radius 1 is 1.40 bits per heavy atom. The van der Waals surface area contributed by atoms with Gasteiger partial charge in [-0.1, -0.05) is 22.0 Å². The van der Waals surface area contributed by atoms with Crippen molar-refractivity contribution in [2.45, 2.75) is 10.6 Å². The average Bonchev–Trinajstić information content (AvgIpc) is 2.31. The molecule has 4 heteroatoms. The van der Waals surface area contributed by atoms with Gasteiger partial charge in [-0.15, -0.1) is 0 Å². The molecule has 0 saturated carbocycles. The molecule has 0 bridgehead atoms. The smallest absolute Gasteiger partial charge is 0.204 e. The Morgan fingerprint density at radius 3 is 2.80 bits per heavy atom. The minimum Gasteiger partial charge on any atom is -0.349 e. The molecular formula is C11H12BrNO2. The molecule has 15 heavy (non-hydrogen) atoms. The second kappa shape index (κ2) is 4.04. The molecule has 0 radical (unpaired) electrons. The number of alkyl halides is 1. The first-order chi connectivity index (χ1) is 7.23. The molecular weight excluding hydrogens is 258 g/mol. The van der Waals surface area contributed by atoms with Crippen LogP contribution in [0.15, 0.2) is 24.5 Å². The highest BCUT2D eigenvalue weighted by Crippen LogP contribution is 2.43. The van der Waals surface area contributed by atoms with Gasteiger partial charge in [0.05, 0.1) is 4.83 Å². The van der Waals surface area contributed by atoms with E-state index in [0.717, 1.165) is 11.1 Å². The van der Waals surface area contributed by atoms with Gasteiger partial charge in [0.1, 0.15) is 0 Å². The van der Waals surface area contributed by atoms with Crippen LogP contribution in [-0.2, 0) is 9.47 Å². The number of nitrogens with zero attached hydrogens (tertiary/aromatic N) is 1. The van der Waals surface area contributed by atoms with Gasteiger partial charge in [-0.3, -0.25) is 4.98 Å². The topological polar surface area (TPSA) is 31.4 Å². The summed E-state index contributed by atoms with van der Waals surface area (Å²) < 4.78 is 10.8. The summed E-state index contributed by atoms with van der Waals surface area (Å²) in [5.74, 6) is -0.740. The van der Waals surface area contributed by atoms with Gasteiger partial charge in [-0.2, -0.15) is 0 Å². The zero-order valence-electron chi connectivity index (χ0n) is 8.61. The molecule has 1 heterocycles. The fourth-order valence-corrected chi connectivity index (χ4v) is 2.62. The number of ether oxygens (including phenoxy) is 2. The maximum absolute atomic E-state index is 5.41. The molecule has 2 rings (SSSR count). The van der Waals surface area contributed by atoms with Crippen molar-refractivity contribution in [3.05, 3.63) is 35.7 Å². The summed E-state index contributed by atoms with van der Waals surface area (Å²) >= 11 is 3.59. The fourth-order valence-electron chi connectivity index (χ4n) is 1.71. The number of methoxy groups -OCH3 is 2. The van der Waals surface area contributed by atoms with Crippen LogP contribution in [-0.4, -0.2) is 25.0 Å². The van der Waals surface area contributed by atoms with E-state index >= 15 is 0 Å². The third-order valence-electron chi connectivity index (χ3n) is 2.65. The number of hydrogen-bond acceptors (Lipinski definition) is 3. The summed E-state index contributed by atoms with van der Waals surface area (Å²) in [4.78, 5) is 4.06. The van der Waals surface area contributed by atoms with Gasteiger partial charge in [0.15, 0.2) is 0 Å². The van der Waals surface area contributed by atoms with Crippen LogP contribution in [0.2, 0.25) is 0 Å². The molecule has 0 fully saturated rings. The molecule has 1 unspecified atom stereocenters. The number of fused-ring (bicyclic) bond motifs is 1. The molecule has 0 saturated heterocycles. The lowest BCUT2D eigenvalue weighted by atomic mass is 9.95. The zero-order chi connectivity index (χ0) is 10.9. The van der Waals surface area contributed by atoms with E-state index in [2.05, 4.69) is 20.9 Å². The fraction of sp³-hybridized carbons (Fsp3) is 0.364. The van der Waals surface area contributed by atoms with Crippen LogP contribution < -0.4 is 0 Å². The number of halogens is 1. The van der Waals surface area contributed by atoms with Gasteiger partial charge >= 0.3 is 0 Å². The predicted octanol–water partition coefficient (Wildman–Crippen LogP) is 2.53. The molecule has 0 N–H and O–H groups in total. The van der Waals surface area contributed by atoms with Crippen molar-refractivity contribution in [2.24, 2.45) is 0 Å². The Bertz CT molecular complexity index is 388. The van der Waals surface area contributed by atoms with Gasteiger partial charge in [0.25, 0.3) is 0 Å². The van der Waals surface area contributed by atoms with Crippen molar-refractivity contribution in [3.63, 3.8) is 0 Å². The zero-order valence-corrected chi connectivity index (χ0v) is 10.2. The number of rotatable bonds is 2. The van der Waals surface area contributed by atoms with E-state index in [1.54, 1.807) is 20.4 Å². The van der Waals surface area contributed by atoms with Crippen molar-refractivity contribution in [2.75, 3.05) is 14.2 Å². The van der Waals surface area contributed by atoms with Crippen molar-refractivity contribution in [3.8, 4) is 0 Å². The monoisotopic (exact) mass is 269 g/mol. The summed E-state index contributed by atoms with van der Waals surface area (Å²) in [6.07, 6.45) is 7.50. The first-order valence-corrected chi connectivity index (χ1v) is 5.52. The lowest BCUT2D eigenvalue weighted by molar-refractivity contribution is -0.169. The van der Waals surface area contributed by atoms with E-state index in [9.17, 15) is 0 Å². The third kappa shape index (κ3) is 1.62. The van der Waals surface area contributed by atoms with Crippen molar-refractivity contribution in [1.29, 1.82) is 0 Å². The largest absolute Gasteiger partial charge is 0.349 e. The van der Waals surface area contributed by atoms with Crippen LogP contribution in [0.5, 0.6) is 0 Å². The van der Waals surface area contributed by atoms with Crippen molar-refractivity contribution < 1.29 is 9.47 Å². The van der Waals surface area contributed by atoms with E-state index in [1.165, 1.54) is 0 Å². The predicted molar refractivity (Wildman–Crippen MR) is 61.7 cm³/mol. The first kappa shape index (κ1) is 10.8. The number of pyridine rings is 1. The SMILES string of the molecule is COC1(OC)C=Cc2ccncc2C1Br.